The number of nitrogens with two attached hydrogens (primary N) is 4. The van der Waals surface area contributed by atoms with Crippen LogP contribution in [0.4, 0.5) is 0 Å². The Balaban J connectivity index is 1.83. The smallest absolute Gasteiger partial charge is 0.186 e. The van der Waals surface area contributed by atoms with Crippen molar-refractivity contribution in [2.45, 2.75) is 111 Å². The van der Waals surface area contributed by atoms with E-state index in [0.29, 0.717) is 0 Å². The maximum atomic E-state index is 12.8. The SMILES string of the molecule is NCC[C@H](O)C(=O)C[C@@H]1C[C@H](N)C(O[C@H]2O[C@H](CNCCO)[C@@H](O)[C@H](O)[C@H]2N)[C@H](O)[C@H]1O[C@H]1O[C@H](CO)[C@@H](O)[C@H](N)[C@H]1O. The number of ketones is 1. The molecule has 0 bridgehead atoms. The lowest BCUT2D eigenvalue weighted by Gasteiger charge is -2.49. The summed E-state index contributed by atoms with van der Waals surface area (Å²) >= 11 is 0. The van der Waals surface area contributed by atoms with Crippen molar-refractivity contribution in [3.05, 3.63) is 0 Å². The molecule has 0 aromatic rings. The zero-order valence-electron chi connectivity index (χ0n) is 23.8. The van der Waals surface area contributed by atoms with Gasteiger partial charge in [-0.1, -0.05) is 0 Å². The Morgan fingerprint density at radius 3 is 2.14 bits per heavy atom. The van der Waals surface area contributed by atoms with Gasteiger partial charge in [-0.05, 0) is 25.3 Å². The number of Topliss-reactive ketones (excluding diaryl/α,β-unsaturated/α-hetero) is 1. The van der Waals surface area contributed by atoms with Crippen molar-refractivity contribution in [3.63, 3.8) is 0 Å². The monoisotopic (exact) mass is 627 g/mol. The lowest BCUT2D eigenvalue weighted by molar-refractivity contribution is -0.323. The molecule has 2 saturated heterocycles. The van der Waals surface area contributed by atoms with Crippen molar-refractivity contribution in [1.29, 1.82) is 0 Å². The van der Waals surface area contributed by atoms with E-state index < -0.39 is 110 Å². The summed E-state index contributed by atoms with van der Waals surface area (Å²) in [4.78, 5) is 12.8. The Hall–Kier alpha value is -1.01. The summed E-state index contributed by atoms with van der Waals surface area (Å²) in [6.45, 7) is -0.555. The van der Waals surface area contributed by atoms with Gasteiger partial charge >= 0.3 is 0 Å². The van der Waals surface area contributed by atoms with E-state index in [9.17, 15) is 40.5 Å². The highest BCUT2D eigenvalue weighted by Crippen LogP contribution is 2.36. The van der Waals surface area contributed by atoms with Crippen molar-refractivity contribution >= 4 is 5.78 Å². The normalized spacial score (nSPS) is 44.7. The number of aliphatic hydroxyl groups excluding tert-OH is 8. The van der Waals surface area contributed by atoms with Crippen LogP contribution in [-0.2, 0) is 23.7 Å². The zero-order valence-corrected chi connectivity index (χ0v) is 23.8. The van der Waals surface area contributed by atoms with Crippen molar-refractivity contribution < 1.29 is 64.6 Å². The standard InChI is InChI=1S/C25H49N5O13/c26-2-1-11(33)12(34)6-9-5-10(27)23(43-24-16(29)19(37)18(36)13(40-24)7-30-3-4-31)21(39)22(9)42-25-20(38)15(28)17(35)14(8-32)41-25/h9-11,13-25,30-33,35-39H,1-8,26-29H2/t9-,10-,11-,13+,14+,15-,16+,17+,18+,19+,20+,21+,22-,23?,24+,25+/m0/s1. The van der Waals surface area contributed by atoms with Gasteiger partial charge in [0, 0.05) is 25.6 Å². The fourth-order valence-corrected chi connectivity index (χ4v) is 5.73. The minimum Gasteiger partial charge on any atom is -0.395 e. The van der Waals surface area contributed by atoms with Crippen LogP contribution >= 0.6 is 0 Å². The Bertz CT molecular complexity index is 864. The van der Waals surface area contributed by atoms with E-state index in [4.69, 9.17) is 47.0 Å². The second kappa shape index (κ2) is 16.5. The van der Waals surface area contributed by atoms with E-state index in [2.05, 4.69) is 5.32 Å². The number of hydrogen-bond acceptors (Lipinski definition) is 18. The quantitative estimate of drug-likeness (QED) is 0.0795. The molecule has 0 amide bonds. The number of nitrogens with one attached hydrogen (secondary N) is 1. The molecule has 0 radical (unpaired) electrons. The first-order valence-electron chi connectivity index (χ1n) is 14.5. The molecule has 43 heavy (non-hydrogen) atoms. The van der Waals surface area contributed by atoms with Gasteiger partial charge in [0.05, 0.1) is 31.4 Å². The molecule has 18 heteroatoms. The molecule has 18 nitrogen and oxygen atoms in total. The molecule has 2 heterocycles. The number of rotatable bonds is 14. The van der Waals surface area contributed by atoms with Gasteiger partial charge in [-0.15, -0.1) is 0 Å². The van der Waals surface area contributed by atoms with Gasteiger partial charge in [0.1, 0.15) is 54.9 Å². The number of hydrogen-bond donors (Lipinski definition) is 13. The third-order valence-corrected chi connectivity index (χ3v) is 8.31. The van der Waals surface area contributed by atoms with Gasteiger partial charge in [0.25, 0.3) is 0 Å². The van der Waals surface area contributed by atoms with Crippen LogP contribution in [0.25, 0.3) is 0 Å². The van der Waals surface area contributed by atoms with Crippen molar-refractivity contribution in [1.82, 2.24) is 5.32 Å². The molecule has 17 N–H and O–H groups in total. The van der Waals surface area contributed by atoms with E-state index >= 15 is 0 Å². The average molecular weight is 628 g/mol. The molecular formula is C25H49N5O13. The van der Waals surface area contributed by atoms with E-state index in [1.807, 2.05) is 0 Å². The number of carbonyl (C=O) groups is 1. The highest BCUT2D eigenvalue weighted by Gasteiger charge is 2.52. The summed E-state index contributed by atoms with van der Waals surface area (Å²) in [6.07, 6.45) is -16.9. The third-order valence-electron chi connectivity index (χ3n) is 8.31. The Morgan fingerprint density at radius 1 is 0.860 bits per heavy atom. The van der Waals surface area contributed by atoms with Gasteiger partial charge < -0.3 is 88.1 Å². The molecule has 1 saturated carbocycles. The first-order chi connectivity index (χ1) is 20.4. The number of ether oxygens (including phenoxy) is 4. The van der Waals surface area contributed by atoms with Crippen LogP contribution in [0.5, 0.6) is 0 Å². The van der Waals surface area contributed by atoms with Gasteiger partial charge in [0.15, 0.2) is 18.4 Å². The summed E-state index contributed by atoms with van der Waals surface area (Å²) in [5.41, 5.74) is 23.8. The van der Waals surface area contributed by atoms with Gasteiger partial charge in [0.2, 0.25) is 0 Å². The predicted molar refractivity (Wildman–Crippen MR) is 145 cm³/mol. The lowest BCUT2D eigenvalue weighted by atomic mass is 9.76. The molecule has 0 aromatic carbocycles. The molecular weight excluding hydrogens is 578 g/mol. The summed E-state index contributed by atoms with van der Waals surface area (Å²) < 4.78 is 23.3. The maximum absolute atomic E-state index is 12.8. The van der Waals surface area contributed by atoms with Gasteiger partial charge in [-0.2, -0.15) is 0 Å². The minimum atomic E-state index is -1.62. The van der Waals surface area contributed by atoms with Crippen LogP contribution < -0.4 is 28.3 Å². The second-order valence-electron chi connectivity index (χ2n) is 11.4. The maximum Gasteiger partial charge on any atom is 0.186 e. The number of carbonyl (C=O) groups excluding carboxylic acids is 1. The van der Waals surface area contributed by atoms with Gasteiger partial charge in [-0.25, -0.2) is 0 Å². The van der Waals surface area contributed by atoms with Crippen LogP contribution in [0, 0.1) is 5.92 Å². The molecule has 3 aliphatic rings. The molecule has 0 aromatic heterocycles. The Labute approximate surface area is 248 Å². The molecule has 1 aliphatic carbocycles. The van der Waals surface area contributed by atoms with Crippen molar-refractivity contribution in [3.8, 4) is 0 Å². The Kier molecular flexibility index (Phi) is 14.0. The van der Waals surface area contributed by atoms with E-state index in [1.54, 1.807) is 0 Å². The molecule has 0 spiro atoms. The van der Waals surface area contributed by atoms with Crippen LogP contribution in [0.2, 0.25) is 0 Å². The third kappa shape index (κ3) is 8.63. The molecule has 1 unspecified atom stereocenters. The average Bonchev–Trinajstić information content (AvgIpc) is 2.97. The molecule has 2 aliphatic heterocycles. The van der Waals surface area contributed by atoms with Crippen LogP contribution in [0.3, 0.4) is 0 Å². The van der Waals surface area contributed by atoms with Crippen LogP contribution in [-0.4, -0.2) is 171 Å². The van der Waals surface area contributed by atoms with Crippen molar-refractivity contribution in [2.75, 3.05) is 32.8 Å². The highest BCUT2D eigenvalue weighted by atomic mass is 16.7. The molecule has 3 fully saturated rings. The summed E-state index contributed by atoms with van der Waals surface area (Å²) in [7, 11) is 0. The lowest BCUT2D eigenvalue weighted by Crippen LogP contribution is -2.68. The first kappa shape index (κ1) is 36.5. The summed E-state index contributed by atoms with van der Waals surface area (Å²) in [6, 6.07) is -3.49. The Morgan fingerprint density at radius 2 is 1.51 bits per heavy atom. The molecule has 3 rings (SSSR count). The zero-order chi connectivity index (χ0) is 32.0. The summed E-state index contributed by atoms with van der Waals surface area (Å²) in [5.74, 6) is -1.42. The van der Waals surface area contributed by atoms with E-state index in [-0.39, 0.29) is 45.5 Å². The number of aliphatic hydroxyl groups is 8. The van der Waals surface area contributed by atoms with E-state index in [1.165, 1.54) is 0 Å². The highest BCUT2D eigenvalue weighted by molar-refractivity contribution is 5.83. The van der Waals surface area contributed by atoms with Crippen molar-refractivity contribution in [2.24, 2.45) is 28.9 Å². The van der Waals surface area contributed by atoms with Crippen LogP contribution in [0.1, 0.15) is 19.3 Å². The molecule has 252 valence electrons. The topological polar surface area (TPSA) is 332 Å². The minimum absolute atomic E-state index is 0.00300. The second-order valence-corrected chi connectivity index (χ2v) is 11.4. The summed E-state index contributed by atoms with van der Waals surface area (Å²) in [5, 5.41) is 85.0. The fraction of sp³-hybridized carbons (Fsp3) is 0.960. The fourth-order valence-electron chi connectivity index (χ4n) is 5.73. The van der Waals surface area contributed by atoms with Gasteiger partial charge in [-0.3, -0.25) is 4.79 Å². The van der Waals surface area contributed by atoms with E-state index in [0.717, 1.165) is 0 Å². The predicted octanol–water partition coefficient (Wildman–Crippen LogP) is -7.74. The van der Waals surface area contributed by atoms with Crippen LogP contribution in [0.15, 0.2) is 0 Å². The first-order valence-corrected chi connectivity index (χ1v) is 14.5. The largest absolute Gasteiger partial charge is 0.395 e. The molecule has 16 atom stereocenters.